The number of aliphatic carboxylic acids is 1. The van der Waals surface area contributed by atoms with Crippen LogP contribution in [0.1, 0.15) is 17.0 Å². The number of carbonyl (C=O) groups excluding carboxylic acids is 2. The van der Waals surface area contributed by atoms with E-state index in [0.717, 1.165) is 4.90 Å². The molecule has 2 N–H and O–H groups in total. The van der Waals surface area contributed by atoms with Crippen LogP contribution in [0.2, 0.25) is 10.0 Å². The molecular formula is C20H18Cl2N2O8. The summed E-state index contributed by atoms with van der Waals surface area (Å²) in [4.78, 5) is 37.7. The van der Waals surface area contributed by atoms with Gasteiger partial charge in [0.05, 0.1) is 36.3 Å². The summed E-state index contributed by atoms with van der Waals surface area (Å²) in [5, 5.41) is 12.5. The average molecular weight is 485 g/mol. The smallest absolute Gasteiger partial charge is 0.326 e. The summed E-state index contributed by atoms with van der Waals surface area (Å²) in [6.45, 7) is 0.204. The quantitative estimate of drug-likeness (QED) is 0.639. The summed E-state index contributed by atoms with van der Waals surface area (Å²) in [6.07, 6.45) is 0.0234. The van der Waals surface area contributed by atoms with Crippen molar-refractivity contribution >= 4 is 41.0 Å². The highest BCUT2D eigenvalue weighted by Gasteiger charge is 2.52. The second-order valence-corrected chi connectivity index (χ2v) is 7.98. The number of nitrogens with zero attached hydrogens (tertiary/aromatic N) is 1. The Bertz CT molecular complexity index is 1050. The third kappa shape index (κ3) is 4.68. The molecule has 2 aliphatic rings. The predicted octanol–water partition coefficient (Wildman–Crippen LogP) is 2.54. The van der Waals surface area contributed by atoms with E-state index in [1.807, 2.05) is 0 Å². The molecule has 2 fully saturated rings. The SMILES string of the molecule is O=C(NCC(=O)N1CC2(C[C@H]1C(=O)O)OCCO2)c1ccc(Oc2ccc(Cl)c(Cl)c2)o1. The van der Waals surface area contributed by atoms with Crippen molar-refractivity contribution in [3.63, 3.8) is 0 Å². The van der Waals surface area contributed by atoms with Gasteiger partial charge >= 0.3 is 5.97 Å². The lowest BCUT2D eigenvalue weighted by Gasteiger charge is -2.23. The standard InChI is InChI=1S/C20H18Cl2N2O8/c21-12-2-1-11(7-13(12)22)31-17-4-3-15(32-17)18(26)23-9-16(25)24-10-20(29-5-6-30-20)8-14(24)19(27)28/h1-4,7,14H,5-6,8-10H2,(H,23,26)(H,27,28)/t14-/m0/s1. The van der Waals surface area contributed by atoms with Crippen molar-refractivity contribution in [1.82, 2.24) is 10.2 Å². The van der Waals surface area contributed by atoms with Crippen LogP contribution in [0.4, 0.5) is 0 Å². The fourth-order valence-corrected chi connectivity index (χ4v) is 3.81. The number of hydrogen-bond acceptors (Lipinski definition) is 7. The number of rotatable bonds is 6. The molecule has 2 aromatic rings. The van der Waals surface area contributed by atoms with E-state index in [9.17, 15) is 19.5 Å². The Morgan fingerprint density at radius 1 is 1.16 bits per heavy atom. The Kier molecular flexibility index (Phi) is 6.29. The van der Waals surface area contributed by atoms with Crippen molar-refractivity contribution < 1.29 is 38.1 Å². The molecular weight excluding hydrogens is 467 g/mol. The normalized spacial score (nSPS) is 19.3. The molecule has 3 heterocycles. The third-order valence-corrected chi connectivity index (χ3v) is 5.76. The van der Waals surface area contributed by atoms with E-state index in [2.05, 4.69) is 5.32 Å². The fourth-order valence-electron chi connectivity index (χ4n) is 3.53. The van der Waals surface area contributed by atoms with Gasteiger partial charge in [-0.25, -0.2) is 4.79 Å². The zero-order valence-electron chi connectivity index (χ0n) is 16.5. The summed E-state index contributed by atoms with van der Waals surface area (Å²) in [6, 6.07) is 6.32. The maximum Gasteiger partial charge on any atom is 0.326 e. The topological polar surface area (TPSA) is 128 Å². The Balaban J connectivity index is 1.34. The van der Waals surface area contributed by atoms with E-state index in [1.54, 1.807) is 12.1 Å². The number of amides is 2. The van der Waals surface area contributed by atoms with Crippen LogP contribution < -0.4 is 10.1 Å². The molecule has 1 spiro atoms. The number of benzene rings is 1. The van der Waals surface area contributed by atoms with Crippen molar-refractivity contribution in [1.29, 1.82) is 0 Å². The summed E-state index contributed by atoms with van der Waals surface area (Å²) in [5.41, 5.74) is 0. The molecule has 0 unspecified atom stereocenters. The molecule has 170 valence electrons. The molecule has 0 saturated carbocycles. The van der Waals surface area contributed by atoms with Gasteiger partial charge in [-0.05, 0) is 18.2 Å². The second kappa shape index (κ2) is 8.99. The molecule has 0 bridgehead atoms. The Morgan fingerprint density at radius 2 is 1.91 bits per heavy atom. The van der Waals surface area contributed by atoms with E-state index in [-0.39, 0.29) is 24.7 Å². The first-order valence-electron chi connectivity index (χ1n) is 9.57. The van der Waals surface area contributed by atoms with Crippen LogP contribution in [-0.2, 0) is 19.1 Å². The lowest BCUT2D eigenvalue weighted by molar-refractivity contribution is -0.152. The minimum absolute atomic E-state index is 0.0234. The minimum Gasteiger partial charge on any atom is -0.480 e. The highest BCUT2D eigenvalue weighted by Crippen LogP contribution is 2.35. The summed E-state index contributed by atoms with van der Waals surface area (Å²) >= 11 is 11.8. The molecule has 0 aliphatic carbocycles. The van der Waals surface area contributed by atoms with Crippen LogP contribution in [0.3, 0.4) is 0 Å². The number of hydrogen-bond donors (Lipinski definition) is 2. The van der Waals surface area contributed by atoms with Crippen molar-refractivity contribution in [2.24, 2.45) is 0 Å². The zero-order valence-corrected chi connectivity index (χ0v) is 18.0. The largest absolute Gasteiger partial charge is 0.480 e. The monoisotopic (exact) mass is 484 g/mol. The molecule has 1 aromatic heterocycles. The first-order chi connectivity index (χ1) is 15.3. The van der Waals surface area contributed by atoms with Crippen molar-refractivity contribution in [2.45, 2.75) is 18.2 Å². The third-order valence-electron chi connectivity index (χ3n) is 5.03. The van der Waals surface area contributed by atoms with Crippen LogP contribution >= 0.6 is 23.2 Å². The lowest BCUT2D eigenvalue weighted by Crippen LogP contribution is -2.46. The zero-order chi connectivity index (χ0) is 22.9. The molecule has 32 heavy (non-hydrogen) atoms. The molecule has 1 aromatic carbocycles. The van der Waals surface area contributed by atoms with Crippen molar-refractivity contribution in [3.8, 4) is 11.7 Å². The molecule has 0 radical (unpaired) electrons. The van der Waals surface area contributed by atoms with E-state index in [4.69, 9.17) is 41.8 Å². The van der Waals surface area contributed by atoms with Crippen LogP contribution in [0.15, 0.2) is 34.7 Å². The predicted molar refractivity (Wildman–Crippen MR) is 110 cm³/mol. The molecule has 2 amide bonds. The fraction of sp³-hybridized carbons (Fsp3) is 0.350. The van der Waals surface area contributed by atoms with Gasteiger partial charge in [-0.15, -0.1) is 0 Å². The van der Waals surface area contributed by atoms with E-state index >= 15 is 0 Å². The lowest BCUT2D eigenvalue weighted by atomic mass is 10.1. The minimum atomic E-state index is -1.17. The van der Waals surface area contributed by atoms with E-state index in [0.29, 0.717) is 29.0 Å². The number of likely N-dealkylation sites (tertiary alicyclic amines) is 1. The number of carboxylic acid groups (broad SMARTS) is 1. The summed E-state index contributed by atoms with van der Waals surface area (Å²) in [7, 11) is 0. The number of carboxylic acids is 1. The van der Waals surface area contributed by atoms with Crippen LogP contribution in [0.25, 0.3) is 0 Å². The van der Waals surface area contributed by atoms with Crippen LogP contribution in [-0.4, -0.2) is 65.9 Å². The molecule has 2 saturated heterocycles. The van der Waals surface area contributed by atoms with Crippen molar-refractivity contribution in [2.75, 3.05) is 26.3 Å². The van der Waals surface area contributed by atoms with Crippen molar-refractivity contribution in [3.05, 3.63) is 46.1 Å². The molecule has 1 atom stereocenters. The van der Waals surface area contributed by atoms with Gasteiger partial charge in [0.25, 0.3) is 11.9 Å². The number of ether oxygens (including phenoxy) is 3. The van der Waals surface area contributed by atoms with Gasteiger partial charge in [0.2, 0.25) is 5.91 Å². The second-order valence-electron chi connectivity index (χ2n) is 7.17. The van der Waals surface area contributed by atoms with E-state index < -0.39 is 36.2 Å². The van der Waals surface area contributed by atoms with Crippen LogP contribution in [0, 0.1) is 0 Å². The van der Waals surface area contributed by atoms with Gasteiger partial charge in [-0.1, -0.05) is 23.2 Å². The summed E-state index contributed by atoms with van der Waals surface area (Å²) in [5.74, 6) is -3.24. The first-order valence-corrected chi connectivity index (χ1v) is 10.3. The molecule has 2 aliphatic heterocycles. The Morgan fingerprint density at radius 3 is 2.59 bits per heavy atom. The van der Waals surface area contributed by atoms with Crippen LogP contribution in [0.5, 0.6) is 11.7 Å². The van der Waals surface area contributed by atoms with Gasteiger partial charge in [0.1, 0.15) is 11.8 Å². The van der Waals surface area contributed by atoms with Gasteiger partial charge in [-0.3, -0.25) is 9.59 Å². The number of furan rings is 1. The molecule has 4 rings (SSSR count). The number of nitrogens with one attached hydrogen (secondary N) is 1. The highest BCUT2D eigenvalue weighted by molar-refractivity contribution is 6.42. The van der Waals surface area contributed by atoms with Gasteiger partial charge < -0.3 is 34.0 Å². The average Bonchev–Trinajstić information content (AvgIpc) is 3.50. The number of halogens is 2. The first kappa shape index (κ1) is 22.4. The molecule has 12 heteroatoms. The van der Waals surface area contributed by atoms with E-state index in [1.165, 1.54) is 18.2 Å². The van der Waals surface area contributed by atoms with Gasteiger partial charge in [0, 0.05) is 18.6 Å². The Hall–Kier alpha value is -2.79. The summed E-state index contributed by atoms with van der Waals surface area (Å²) < 4.78 is 21.9. The highest BCUT2D eigenvalue weighted by atomic mass is 35.5. The Labute approximate surface area is 191 Å². The molecule has 10 nitrogen and oxygen atoms in total. The maximum absolute atomic E-state index is 12.6. The van der Waals surface area contributed by atoms with Gasteiger partial charge in [0.15, 0.2) is 11.5 Å². The van der Waals surface area contributed by atoms with Gasteiger partial charge in [-0.2, -0.15) is 0 Å². The maximum atomic E-state index is 12.6. The number of carbonyl (C=O) groups is 3.